The summed E-state index contributed by atoms with van der Waals surface area (Å²) in [5.41, 5.74) is 0.278. The molecule has 2 rings (SSSR count). The molecule has 1 aliphatic rings. The van der Waals surface area contributed by atoms with Gasteiger partial charge >= 0.3 is 0 Å². The lowest BCUT2D eigenvalue weighted by Crippen LogP contribution is -2.40. The molecule has 1 aromatic carbocycles. The van der Waals surface area contributed by atoms with E-state index in [4.69, 9.17) is 23.2 Å². The Morgan fingerprint density at radius 3 is 2.57 bits per heavy atom. The maximum Gasteiger partial charge on any atom is 0.300 e. The molecule has 0 radical (unpaired) electrons. The van der Waals surface area contributed by atoms with E-state index >= 15 is 0 Å². The molecule has 0 unspecified atom stereocenters. The molecule has 0 aliphatic carbocycles. The van der Waals surface area contributed by atoms with Crippen molar-refractivity contribution in [3.63, 3.8) is 0 Å². The minimum atomic E-state index is -0.786. The summed E-state index contributed by atoms with van der Waals surface area (Å²) >= 11 is 12.0. The zero-order valence-corrected chi connectivity index (χ0v) is 12.9. The van der Waals surface area contributed by atoms with Crippen LogP contribution >= 0.6 is 23.2 Å². The van der Waals surface area contributed by atoms with Gasteiger partial charge in [0, 0.05) is 6.54 Å². The first-order chi connectivity index (χ1) is 9.97. The zero-order chi connectivity index (χ0) is 15.6. The van der Waals surface area contributed by atoms with Crippen LogP contribution in [0.25, 0.3) is 0 Å². The highest BCUT2D eigenvalue weighted by Crippen LogP contribution is 2.39. The van der Waals surface area contributed by atoms with Crippen molar-refractivity contribution in [3.05, 3.63) is 27.7 Å². The van der Waals surface area contributed by atoms with E-state index in [9.17, 15) is 14.4 Å². The largest absolute Gasteiger partial charge is 0.355 e. The van der Waals surface area contributed by atoms with Gasteiger partial charge < -0.3 is 5.32 Å². The van der Waals surface area contributed by atoms with Crippen molar-refractivity contribution in [1.82, 2.24) is 5.32 Å². The predicted octanol–water partition coefficient (Wildman–Crippen LogP) is 2.44. The van der Waals surface area contributed by atoms with Gasteiger partial charge in [-0.3, -0.25) is 19.3 Å². The lowest BCUT2D eigenvalue weighted by Gasteiger charge is -2.17. The highest BCUT2D eigenvalue weighted by atomic mass is 35.5. The quantitative estimate of drug-likeness (QED) is 0.666. The molecule has 112 valence electrons. The standard InChI is InChI=1S/C14H14Cl2N2O3/c1-2-3-6-17-10(19)7-18-12-9(16)5-4-8(15)11(12)13(20)14(18)21/h4-5H,2-3,6-7H2,1H3,(H,17,19). The van der Waals surface area contributed by atoms with Crippen LogP contribution in [0.15, 0.2) is 12.1 Å². The smallest absolute Gasteiger partial charge is 0.300 e. The number of fused-ring (bicyclic) bond motifs is 1. The van der Waals surface area contributed by atoms with Crippen LogP contribution in [-0.2, 0) is 9.59 Å². The zero-order valence-electron chi connectivity index (χ0n) is 11.4. The fraction of sp³-hybridized carbons (Fsp3) is 0.357. The van der Waals surface area contributed by atoms with Gasteiger partial charge in [-0.25, -0.2) is 0 Å². The Morgan fingerprint density at radius 1 is 1.24 bits per heavy atom. The average molecular weight is 329 g/mol. The van der Waals surface area contributed by atoms with Crippen molar-refractivity contribution < 1.29 is 14.4 Å². The Balaban J connectivity index is 2.23. The minimum absolute atomic E-state index is 0.0653. The number of nitrogens with zero attached hydrogens (tertiary/aromatic N) is 1. The molecular formula is C14H14Cl2N2O3. The summed E-state index contributed by atoms with van der Waals surface area (Å²) < 4.78 is 0. The van der Waals surface area contributed by atoms with E-state index in [0.29, 0.717) is 6.54 Å². The number of amides is 2. The molecule has 1 aliphatic heterocycles. The molecular weight excluding hydrogens is 315 g/mol. The number of nitrogens with one attached hydrogen (secondary N) is 1. The number of benzene rings is 1. The van der Waals surface area contributed by atoms with Crippen LogP contribution in [0, 0.1) is 0 Å². The fourth-order valence-corrected chi connectivity index (χ4v) is 2.60. The van der Waals surface area contributed by atoms with Crippen molar-refractivity contribution in [2.75, 3.05) is 18.0 Å². The summed E-state index contributed by atoms with van der Waals surface area (Å²) in [5.74, 6) is -1.86. The Bertz CT molecular complexity index is 616. The monoisotopic (exact) mass is 328 g/mol. The third kappa shape index (κ3) is 3.04. The van der Waals surface area contributed by atoms with Crippen molar-refractivity contribution >= 4 is 46.5 Å². The van der Waals surface area contributed by atoms with Crippen molar-refractivity contribution in [2.45, 2.75) is 19.8 Å². The topological polar surface area (TPSA) is 66.5 Å². The van der Waals surface area contributed by atoms with Crippen molar-refractivity contribution in [2.24, 2.45) is 0 Å². The van der Waals surface area contributed by atoms with Crippen LogP contribution in [0.1, 0.15) is 30.1 Å². The first-order valence-electron chi connectivity index (χ1n) is 6.58. The van der Waals surface area contributed by atoms with E-state index in [2.05, 4.69) is 5.32 Å². The molecule has 0 atom stereocenters. The van der Waals surface area contributed by atoms with Crippen molar-refractivity contribution in [3.8, 4) is 0 Å². The second kappa shape index (κ2) is 6.45. The molecule has 7 heteroatoms. The third-order valence-electron chi connectivity index (χ3n) is 3.17. The summed E-state index contributed by atoms with van der Waals surface area (Å²) in [7, 11) is 0. The Kier molecular flexibility index (Phi) is 4.85. The lowest BCUT2D eigenvalue weighted by atomic mass is 10.1. The molecule has 21 heavy (non-hydrogen) atoms. The van der Waals surface area contributed by atoms with Crippen LogP contribution in [0.2, 0.25) is 10.0 Å². The SMILES string of the molecule is CCCCNC(=O)CN1C(=O)C(=O)c2c(Cl)ccc(Cl)c21. The van der Waals surface area contributed by atoms with Crippen LogP contribution in [0.5, 0.6) is 0 Å². The highest BCUT2D eigenvalue weighted by Gasteiger charge is 2.40. The lowest BCUT2D eigenvalue weighted by molar-refractivity contribution is -0.122. The third-order valence-corrected chi connectivity index (χ3v) is 3.79. The molecule has 0 saturated carbocycles. The van der Waals surface area contributed by atoms with Gasteiger partial charge in [0.15, 0.2) is 0 Å². The first-order valence-corrected chi connectivity index (χ1v) is 7.33. The number of hydrogen-bond donors (Lipinski definition) is 1. The molecule has 0 fully saturated rings. The van der Waals surface area contributed by atoms with Crippen LogP contribution in [-0.4, -0.2) is 30.7 Å². The molecule has 1 heterocycles. The number of carbonyl (C=O) groups excluding carboxylic acids is 3. The van der Waals surface area contributed by atoms with Gasteiger partial charge in [0.25, 0.3) is 11.7 Å². The van der Waals surface area contributed by atoms with Gasteiger partial charge in [0.1, 0.15) is 6.54 Å². The summed E-state index contributed by atoms with van der Waals surface area (Å²) in [4.78, 5) is 36.9. The number of unbranched alkanes of at least 4 members (excludes halogenated alkanes) is 1. The van der Waals surface area contributed by atoms with E-state index in [1.165, 1.54) is 12.1 Å². The maximum absolute atomic E-state index is 12.0. The summed E-state index contributed by atoms with van der Waals surface area (Å²) in [6.07, 6.45) is 1.80. The first kappa shape index (κ1) is 15.8. The van der Waals surface area contributed by atoms with Gasteiger partial charge in [-0.05, 0) is 18.6 Å². The molecule has 1 N–H and O–H groups in total. The van der Waals surface area contributed by atoms with Gasteiger partial charge in [0.05, 0.1) is 21.3 Å². The van der Waals surface area contributed by atoms with Crippen LogP contribution in [0.4, 0.5) is 5.69 Å². The van der Waals surface area contributed by atoms with E-state index < -0.39 is 11.7 Å². The van der Waals surface area contributed by atoms with Gasteiger partial charge in [-0.15, -0.1) is 0 Å². The summed E-state index contributed by atoms with van der Waals surface area (Å²) in [6, 6.07) is 2.95. The summed E-state index contributed by atoms with van der Waals surface area (Å²) in [6.45, 7) is 2.29. The fourth-order valence-electron chi connectivity index (χ4n) is 2.11. The number of hydrogen-bond acceptors (Lipinski definition) is 3. The molecule has 1 aromatic rings. The van der Waals surface area contributed by atoms with E-state index in [0.717, 1.165) is 17.7 Å². The normalized spacial score (nSPS) is 13.6. The van der Waals surface area contributed by atoms with Gasteiger partial charge in [-0.1, -0.05) is 36.5 Å². The number of Topliss-reactive ketones (excluding diaryl/α,β-unsaturated/α-hetero) is 1. The number of anilines is 1. The molecule has 0 bridgehead atoms. The average Bonchev–Trinajstić information content (AvgIpc) is 2.69. The maximum atomic E-state index is 12.0. The predicted molar refractivity (Wildman–Crippen MR) is 81.1 cm³/mol. The van der Waals surface area contributed by atoms with Crippen LogP contribution in [0.3, 0.4) is 0 Å². The Morgan fingerprint density at radius 2 is 1.90 bits per heavy atom. The van der Waals surface area contributed by atoms with Crippen LogP contribution < -0.4 is 10.2 Å². The van der Waals surface area contributed by atoms with Gasteiger partial charge in [0.2, 0.25) is 5.91 Å². The minimum Gasteiger partial charge on any atom is -0.355 e. The second-order valence-corrected chi connectivity index (χ2v) is 5.49. The highest BCUT2D eigenvalue weighted by molar-refractivity contribution is 6.57. The Hall–Kier alpha value is -1.59. The molecule has 5 nitrogen and oxygen atoms in total. The Labute approximate surface area is 132 Å². The summed E-state index contributed by atoms with van der Waals surface area (Å²) in [5, 5.41) is 3.06. The number of halogens is 2. The van der Waals surface area contributed by atoms with Crippen molar-refractivity contribution in [1.29, 1.82) is 0 Å². The van der Waals surface area contributed by atoms with E-state index in [-0.39, 0.29) is 33.7 Å². The molecule has 0 saturated heterocycles. The number of ketones is 1. The molecule has 0 aromatic heterocycles. The van der Waals surface area contributed by atoms with E-state index in [1.807, 2.05) is 6.92 Å². The van der Waals surface area contributed by atoms with E-state index in [1.54, 1.807) is 0 Å². The van der Waals surface area contributed by atoms with Gasteiger partial charge in [-0.2, -0.15) is 0 Å². The second-order valence-electron chi connectivity index (χ2n) is 4.68. The molecule has 0 spiro atoms. The number of carbonyl (C=O) groups is 3. The molecule has 2 amide bonds. The number of rotatable bonds is 5.